The quantitative estimate of drug-likeness (QED) is 0.571. The van der Waals surface area contributed by atoms with Crippen molar-refractivity contribution in [3.05, 3.63) is 51.3 Å². The number of benzene rings is 2. The van der Waals surface area contributed by atoms with Gasteiger partial charge in [-0.3, -0.25) is 4.79 Å². The van der Waals surface area contributed by atoms with Crippen LogP contribution in [0.1, 0.15) is 10.4 Å². The Morgan fingerprint density at radius 3 is 2.86 bits per heavy atom. The summed E-state index contributed by atoms with van der Waals surface area (Å²) in [4.78, 5) is 15.5. The predicted molar refractivity (Wildman–Crippen MR) is 92.4 cm³/mol. The van der Waals surface area contributed by atoms with Crippen LogP contribution in [-0.2, 0) is 0 Å². The van der Waals surface area contributed by atoms with E-state index in [2.05, 4.69) is 0 Å². The zero-order chi connectivity index (χ0) is 15.0. The van der Waals surface area contributed by atoms with Crippen LogP contribution in [0.4, 0.5) is 15.8 Å². The Kier molecular flexibility index (Phi) is 4.08. The molecule has 0 bridgehead atoms. The summed E-state index contributed by atoms with van der Waals surface area (Å²) in [6, 6.07) is 9.80. The van der Waals surface area contributed by atoms with Crippen molar-refractivity contribution in [3.8, 4) is 0 Å². The van der Waals surface area contributed by atoms with E-state index in [4.69, 9.17) is 5.73 Å². The fourth-order valence-electron chi connectivity index (χ4n) is 2.25. The van der Waals surface area contributed by atoms with Gasteiger partial charge in [-0.2, -0.15) is 0 Å². The van der Waals surface area contributed by atoms with Crippen molar-refractivity contribution < 1.29 is 9.18 Å². The number of nitrogen functional groups attached to an aromatic ring is 1. The molecule has 1 heterocycles. The Labute approximate surface area is 139 Å². The topological polar surface area (TPSA) is 46.3 Å². The van der Waals surface area contributed by atoms with E-state index in [1.165, 1.54) is 18.2 Å². The van der Waals surface area contributed by atoms with Crippen molar-refractivity contribution in [2.45, 2.75) is 4.90 Å². The van der Waals surface area contributed by atoms with E-state index < -0.39 is 0 Å². The first kappa shape index (κ1) is 14.6. The van der Waals surface area contributed by atoms with Gasteiger partial charge in [0.05, 0.1) is 11.3 Å². The summed E-state index contributed by atoms with van der Waals surface area (Å²) in [6.45, 7) is 0.618. The molecular weight excluding hydrogens is 402 g/mol. The predicted octanol–water partition coefficient (Wildman–Crippen LogP) is 3.77. The van der Waals surface area contributed by atoms with E-state index in [-0.39, 0.29) is 11.7 Å². The minimum absolute atomic E-state index is 0.119. The number of amides is 1. The minimum atomic E-state index is -0.338. The summed E-state index contributed by atoms with van der Waals surface area (Å²) < 4.78 is 13.8. The van der Waals surface area contributed by atoms with Gasteiger partial charge in [-0.15, -0.1) is 11.8 Å². The van der Waals surface area contributed by atoms with E-state index in [1.807, 2.05) is 40.8 Å². The van der Waals surface area contributed by atoms with Gasteiger partial charge in [0.1, 0.15) is 5.82 Å². The Morgan fingerprint density at radius 2 is 2.10 bits per heavy atom. The second-order valence-corrected chi connectivity index (χ2v) is 6.96. The third-order valence-electron chi connectivity index (χ3n) is 3.25. The number of carbonyl (C=O) groups is 1. The first-order chi connectivity index (χ1) is 10.1. The molecule has 21 heavy (non-hydrogen) atoms. The van der Waals surface area contributed by atoms with Crippen molar-refractivity contribution in [2.24, 2.45) is 0 Å². The average molecular weight is 414 g/mol. The number of fused-ring (bicyclic) bond motifs is 1. The molecule has 0 saturated heterocycles. The maximum absolute atomic E-state index is 13.2. The average Bonchev–Trinajstić information content (AvgIpc) is 2.46. The molecule has 2 aromatic rings. The number of rotatable bonds is 1. The van der Waals surface area contributed by atoms with Crippen LogP contribution < -0.4 is 10.6 Å². The molecule has 6 heteroatoms. The molecule has 2 N–H and O–H groups in total. The third-order valence-corrected chi connectivity index (χ3v) is 5.19. The highest BCUT2D eigenvalue weighted by Gasteiger charge is 2.25. The largest absolute Gasteiger partial charge is 0.399 e. The summed E-state index contributed by atoms with van der Waals surface area (Å²) in [5.74, 6) is 0.377. The fraction of sp³-hybridized carbons (Fsp3) is 0.133. The van der Waals surface area contributed by atoms with Gasteiger partial charge in [0.15, 0.2) is 0 Å². The molecule has 0 aliphatic carbocycles. The van der Waals surface area contributed by atoms with Crippen LogP contribution in [-0.4, -0.2) is 18.2 Å². The molecule has 3 rings (SSSR count). The van der Waals surface area contributed by atoms with Gasteiger partial charge in [-0.05, 0) is 59.0 Å². The summed E-state index contributed by atoms with van der Waals surface area (Å²) in [7, 11) is 0. The number of carbonyl (C=O) groups excluding carboxylic acids is 1. The molecule has 0 radical (unpaired) electrons. The maximum Gasteiger partial charge on any atom is 0.259 e. The molecule has 0 fully saturated rings. The first-order valence-electron chi connectivity index (χ1n) is 6.35. The van der Waals surface area contributed by atoms with Crippen molar-refractivity contribution in [1.82, 2.24) is 0 Å². The van der Waals surface area contributed by atoms with Crippen LogP contribution in [0.2, 0.25) is 0 Å². The van der Waals surface area contributed by atoms with Gasteiger partial charge < -0.3 is 10.6 Å². The second kappa shape index (κ2) is 5.84. The Balaban J connectivity index is 2.02. The third kappa shape index (κ3) is 2.87. The molecule has 2 aromatic carbocycles. The van der Waals surface area contributed by atoms with E-state index in [9.17, 15) is 9.18 Å². The van der Waals surface area contributed by atoms with Crippen molar-refractivity contribution >= 4 is 51.6 Å². The van der Waals surface area contributed by atoms with Crippen LogP contribution in [0.3, 0.4) is 0 Å². The molecule has 108 valence electrons. The highest BCUT2D eigenvalue weighted by Crippen LogP contribution is 2.37. The highest BCUT2D eigenvalue weighted by molar-refractivity contribution is 14.1. The van der Waals surface area contributed by atoms with Gasteiger partial charge in [-0.1, -0.05) is 0 Å². The summed E-state index contributed by atoms with van der Waals surface area (Å²) in [6.07, 6.45) is 0. The number of halogens is 2. The molecule has 3 nitrogen and oxygen atoms in total. The lowest BCUT2D eigenvalue weighted by Crippen LogP contribution is -2.36. The number of nitrogens with two attached hydrogens (primary N) is 1. The molecule has 0 saturated carbocycles. The summed E-state index contributed by atoms with van der Waals surface area (Å²) >= 11 is 3.70. The molecule has 1 amide bonds. The van der Waals surface area contributed by atoms with Gasteiger partial charge >= 0.3 is 0 Å². The Bertz CT molecular complexity index is 723. The van der Waals surface area contributed by atoms with E-state index in [0.717, 1.165) is 16.3 Å². The molecule has 1 aliphatic heterocycles. The lowest BCUT2D eigenvalue weighted by molar-refractivity contribution is 0.0987. The standard InChI is InChI=1S/C15H12FIN2OS/c16-9-1-3-11(12(17)7-9)15(20)19-5-6-21-14-4-2-10(18)8-13(14)19/h1-4,7-8H,5-6,18H2. The van der Waals surface area contributed by atoms with Crippen LogP contribution in [0.25, 0.3) is 0 Å². The van der Waals surface area contributed by atoms with Crippen molar-refractivity contribution in [1.29, 1.82) is 0 Å². The zero-order valence-electron chi connectivity index (χ0n) is 11.0. The SMILES string of the molecule is Nc1ccc2c(c1)N(C(=O)c1ccc(F)cc1I)CCS2. The van der Waals surface area contributed by atoms with Crippen LogP contribution in [0, 0.1) is 9.39 Å². The lowest BCUT2D eigenvalue weighted by atomic mass is 10.1. The van der Waals surface area contributed by atoms with Crippen molar-refractivity contribution in [2.75, 3.05) is 22.9 Å². The molecule has 0 aromatic heterocycles. The maximum atomic E-state index is 13.2. The van der Waals surface area contributed by atoms with Gasteiger partial charge in [0.2, 0.25) is 0 Å². The van der Waals surface area contributed by atoms with Gasteiger partial charge in [-0.25, -0.2) is 4.39 Å². The Morgan fingerprint density at radius 1 is 1.29 bits per heavy atom. The lowest BCUT2D eigenvalue weighted by Gasteiger charge is -2.29. The van der Waals surface area contributed by atoms with Gasteiger partial charge in [0.25, 0.3) is 5.91 Å². The molecule has 0 atom stereocenters. The smallest absolute Gasteiger partial charge is 0.259 e. The molecule has 1 aliphatic rings. The summed E-state index contributed by atoms with van der Waals surface area (Å²) in [5, 5.41) is 0. The van der Waals surface area contributed by atoms with Crippen LogP contribution in [0.5, 0.6) is 0 Å². The fourth-order valence-corrected chi connectivity index (χ4v) is 3.94. The number of hydrogen-bond acceptors (Lipinski definition) is 3. The normalized spacial score (nSPS) is 13.9. The number of thioether (sulfide) groups is 1. The van der Waals surface area contributed by atoms with Crippen LogP contribution in [0.15, 0.2) is 41.3 Å². The van der Waals surface area contributed by atoms with E-state index in [0.29, 0.717) is 21.4 Å². The number of anilines is 2. The van der Waals surface area contributed by atoms with Crippen LogP contribution >= 0.6 is 34.4 Å². The molecular formula is C15H12FIN2OS. The minimum Gasteiger partial charge on any atom is -0.399 e. The van der Waals surface area contributed by atoms with E-state index in [1.54, 1.807) is 16.7 Å². The zero-order valence-corrected chi connectivity index (χ0v) is 13.9. The second-order valence-electron chi connectivity index (χ2n) is 4.66. The first-order valence-corrected chi connectivity index (χ1v) is 8.42. The van der Waals surface area contributed by atoms with E-state index >= 15 is 0 Å². The molecule has 0 unspecified atom stereocenters. The van der Waals surface area contributed by atoms with Crippen molar-refractivity contribution in [3.63, 3.8) is 0 Å². The summed E-state index contributed by atoms with van der Waals surface area (Å²) in [5.41, 5.74) is 7.80. The highest BCUT2D eigenvalue weighted by atomic mass is 127. The number of nitrogens with zero attached hydrogens (tertiary/aromatic N) is 1. The monoisotopic (exact) mass is 414 g/mol. The molecule has 0 spiro atoms. The Hall–Kier alpha value is -1.28. The van der Waals surface area contributed by atoms with Gasteiger partial charge in [0, 0.05) is 26.5 Å². The number of hydrogen-bond donors (Lipinski definition) is 1.